The van der Waals surface area contributed by atoms with Crippen LogP contribution in [0.5, 0.6) is 0 Å². The fourth-order valence-electron chi connectivity index (χ4n) is 1.77. The van der Waals surface area contributed by atoms with Crippen LogP contribution < -0.4 is 0 Å². The van der Waals surface area contributed by atoms with Crippen LogP contribution >= 0.6 is 15.9 Å². The van der Waals surface area contributed by atoms with Gasteiger partial charge in [0, 0.05) is 10.5 Å². The highest BCUT2D eigenvalue weighted by Crippen LogP contribution is 2.27. The summed E-state index contributed by atoms with van der Waals surface area (Å²) in [6.45, 7) is 8.33. The Kier molecular flexibility index (Phi) is 4.94. The van der Waals surface area contributed by atoms with E-state index in [0.717, 1.165) is 21.2 Å². The van der Waals surface area contributed by atoms with Crippen molar-refractivity contribution in [1.82, 2.24) is 0 Å². The Morgan fingerprint density at radius 3 is 2.59 bits per heavy atom. The summed E-state index contributed by atoms with van der Waals surface area (Å²) < 4.78 is 5.95. The van der Waals surface area contributed by atoms with Gasteiger partial charge in [0.05, 0.1) is 6.61 Å². The SMILES string of the molecule is CCOC(=O)/C=C\c1c(C)cc(C)c(Br)c1C. The van der Waals surface area contributed by atoms with Gasteiger partial charge in [-0.1, -0.05) is 22.0 Å². The Hall–Kier alpha value is -1.09. The van der Waals surface area contributed by atoms with Crippen LogP contribution in [0.25, 0.3) is 6.08 Å². The molecule has 1 aromatic rings. The summed E-state index contributed by atoms with van der Waals surface area (Å²) in [5.41, 5.74) is 4.57. The Morgan fingerprint density at radius 1 is 1.35 bits per heavy atom. The third-order valence-electron chi connectivity index (χ3n) is 2.61. The molecule has 0 spiro atoms. The predicted octanol–water partition coefficient (Wildman–Crippen LogP) is 3.95. The molecule has 1 rings (SSSR count). The van der Waals surface area contributed by atoms with E-state index < -0.39 is 0 Å². The molecule has 0 aliphatic carbocycles. The lowest BCUT2D eigenvalue weighted by Crippen LogP contribution is -1.99. The summed E-state index contributed by atoms with van der Waals surface area (Å²) in [7, 11) is 0. The van der Waals surface area contributed by atoms with E-state index in [2.05, 4.69) is 28.9 Å². The topological polar surface area (TPSA) is 26.3 Å². The second kappa shape index (κ2) is 6.01. The zero-order chi connectivity index (χ0) is 13.0. The molecule has 0 unspecified atom stereocenters. The molecule has 0 aromatic heterocycles. The maximum atomic E-state index is 11.3. The Bertz CT molecular complexity index is 462. The molecule has 0 saturated heterocycles. The number of benzene rings is 1. The van der Waals surface area contributed by atoms with Gasteiger partial charge in [-0.15, -0.1) is 0 Å². The van der Waals surface area contributed by atoms with E-state index in [-0.39, 0.29) is 5.97 Å². The fraction of sp³-hybridized carbons (Fsp3) is 0.357. The monoisotopic (exact) mass is 296 g/mol. The molecule has 0 amide bonds. The highest BCUT2D eigenvalue weighted by molar-refractivity contribution is 9.10. The fourth-order valence-corrected chi connectivity index (χ4v) is 2.10. The third-order valence-corrected chi connectivity index (χ3v) is 3.83. The molecule has 2 nitrogen and oxygen atoms in total. The molecule has 0 saturated carbocycles. The lowest BCUT2D eigenvalue weighted by molar-refractivity contribution is -0.137. The molecular weight excluding hydrogens is 280 g/mol. The Morgan fingerprint density at radius 2 is 2.00 bits per heavy atom. The smallest absolute Gasteiger partial charge is 0.330 e. The zero-order valence-electron chi connectivity index (χ0n) is 10.6. The number of hydrogen-bond donors (Lipinski definition) is 0. The van der Waals surface area contributed by atoms with Gasteiger partial charge < -0.3 is 4.74 Å². The van der Waals surface area contributed by atoms with Crippen LogP contribution in [0, 0.1) is 20.8 Å². The molecule has 0 atom stereocenters. The number of carbonyl (C=O) groups excluding carboxylic acids is 1. The molecule has 0 bridgehead atoms. The van der Waals surface area contributed by atoms with E-state index in [1.54, 1.807) is 6.92 Å². The lowest BCUT2D eigenvalue weighted by Gasteiger charge is -2.10. The maximum Gasteiger partial charge on any atom is 0.330 e. The van der Waals surface area contributed by atoms with Crippen molar-refractivity contribution in [2.24, 2.45) is 0 Å². The summed E-state index contributed by atoms with van der Waals surface area (Å²) >= 11 is 3.55. The van der Waals surface area contributed by atoms with E-state index in [0.29, 0.717) is 6.61 Å². The van der Waals surface area contributed by atoms with Gasteiger partial charge in [0.15, 0.2) is 0 Å². The Balaban J connectivity index is 3.07. The molecule has 3 heteroatoms. The number of halogens is 1. The molecule has 1 aromatic carbocycles. The van der Waals surface area contributed by atoms with Crippen molar-refractivity contribution in [2.45, 2.75) is 27.7 Å². The average molecular weight is 297 g/mol. The minimum absolute atomic E-state index is 0.303. The largest absolute Gasteiger partial charge is 0.463 e. The predicted molar refractivity (Wildman–Crippen MR) is 74.0 cm³/mol. The van der Waals surface area contributed by atoms with Gasteiger partial charge >= 0.3 is 5.97 Å². The molecule has 0 aliphatic rings. The molecule has 0 aliphatic heterocycles. The van der Waals surface area contributed by atoms with E-state index in [9.17, 15) is 4.79 Å². The number of carbonyl (C=O) groups is 1. The normalized spacial score (nSPS) is 10.9. The molecular formula is C14H17BrO2. The number of rotatable bonds is 3. The van der Waals surface area contributed by atoms with Gasteiger partial charge in [0.2, 0.25) is 0 Å². The number of hydrogen-bond acceptors (Lipinski definition) is 2. The van der Waals surface area contributed by atoms with E-state index in [1.165, 1.54) is 11.6 Å². The highest BCUT2D eigenvalue weighted by Gasteiger charge is 2.07. The first-order valence-corrected chi connectivity index (χ1v) is 6.37. The third kappa shape index (κ3) is 3.43. The van der Waals surface area contributed by atoms with Crippen LogP contribution in [0.3, 0.4) is 0 Å². The summed E-state index contributed by atoms with van der Waals surface area (Å²) in [6, 6.07) is 2.10. The minimum Gasteiger partial charge on any atom is -0.463 e. The molecule has 0 heterocycles. The van der Waals surface area contributed by atoms with Crippen molar-refractivity contribution < 1.29 is 9.53 Å². The number of aryl methyl sites for hydroxylation is 2. The van der Waals surface area contributed by atoms with Gasteiger partial charge in [-0.3, -0.25) is 0 Å². The van der Waals surface area contributed by atoms with Crippen molar-refractivity contribution in [3.63, 3.8) is 0 Å². The molecule has 0 radical (unpaired) electrons. The Labute approximate surface area is 111 Å². The van der Waals surface area contributed by atoms with Gasteiger partial charge in [-0.05, 0) is 56.0 Å². The van der Waals surface area contributed by atoms with Crippen LogP contribution in [0.1, 0.15) is 29.2 Å². The van der Waals surface area contributed by atoms with Crippen LogP contribution in [0.4, 0.5) is 0 Å². The van der Waals surface area contributed by atoms with Crippen LogP contribution in [-0.4, -0.2) is 12.6 Å². The summed E-state index contributed by atoms with van der Waals surface area (Å²) in [6.07, 6.45) is 3.29. The quantitative estimate of drug-likeness (QED) is 0.623. The molecule has 92 valence electrons. The highest BCUT2D eigenvalue weighted by atomic mass is 79.9. The number of esters is 1. The maximum absolute atomic E-state index is 11.3. The van der Waals surface area contributed by atoms with Crippen LogP contribution in [0.2, 0.25) is 0 Å². The van der Waals surface area contributed by atoms with Gasteiger partial charge in [0.1, 0.15) is 0 Å². The van der Waals surface area contributed by atoms with Crippen molar-refractivity contribution in [1.29, 1.82) is 0 Å². The first kappa shape index (κ1) is 14.0. The van der Waals surface area contributed by atoms with Crippen molar-refractivity contribution in [3.05, 3.63) is 38.9 Å². The zero-order valence-corrected chi connectivity index (χ0v) is 12.2. The minimum atomic E-state index is -0.303. The van der Waals surface area contributed by atoms with Gasteiger partial charge in [-0.25, -0.2) is 4.79 Å². The molecule has 17 heavy (non-hydrogen) atoms. The molecule has 0 N–H and O–H groups in total. The standard InChI is InChI=1S/C14H17BrO2/c1-5-17-13(16)7-6-12-9(2)8-10(3)14(15)11(12)4/h6-8H,5H2,1-4H3/b7-6-. The second-order valence-electron chi connectivity index (χ2n) is 3.95. The first-order chi connectivity index (χ1) is 7.97. The van der Waals surface area contributed by atoms with Crippen molar-refractivity contribution in [3.8, 4) is 0 Å². The van der Waals surface area contributed by atoms with E-state index in [4.69, 9.17) is 4.74 Å². The van der Waals surface area contributed by atoms with Crippen LogP contribution in [0.15, 0.2) is 16.6 Å². The van der Waals surface area contributed by atoms with E-state index in [1.807, 2.05) is 19.9 Å². The summed E-state index contributed by atoms with van der Waals surface area (Å²) in [4.78, 5) is 11.3. The van der Waals surface area contributed by atoms with Gasteiger partial charge in [-0.2, -0.15) is 0 Å². The number of ether oxygens (including phenoxy) is 1. The summed E-state index contributed by atoms with van der Waals surface area (Å²) in [5, 5.41) is 0. The second-order valence-corrected chi connectivity index (χ2v) is 4.74. The average Bonchev–Trinajstić information content (AvgIpc) is 2.26. The molecule has 0 fully saturated rings. The van der Waals surface area contributed by atoms with E-state index >= 15 is 0 Å². The summed E-state index contributed by atoms with van der Waals surface area (Å²) in [5.74, 6) is -0.303. The first-order valence-electron chi connectivity index (χ1n) is 5.58. The lowest BCUT2D eigenvalue weighted by atomic mass is 9.99. The van der Waals surface area contributed by atoms with Gasteiger partial charge in [0.25, 0.3) is 0 Å². The van der Waals surface area contributed by atoms with Crippen molar-refractivity contribution in [2.75, 3.05) is 6.61 Å². The van der Waals surface area contributed by atoms with Crippen LogP contribution in [-0.2, 0) is 9.53 Å². The van der Waals surface area contributed by atoms with Crippen molar-refractivity contribution >= 4 is 28.0 Å².